The predicted octanol–water partition coefficient (Wildman–Crippen LogP) is 2.69. The summed E-state index contributed by atoms with van der Waals surface area (Å²) in [5, 5.41) is 3.07. The van der Waals surface area contributed by atoms with Crippen LogP contribution in [0.5, 0.6) is 0 Å². The number of oxazole rings is 1. The molecule has 5 nitrogen and oxygen atoms in total. The largest absolute Gasteiger partial charge is 0.432 e. The summed E-state index contributed by atoms with van der Waals surface area (Å²) in [4.78, 5) is 18.9. The van der Waals surface area contributed by atoms with Gasteiger partial charge in [0.25, 0.3) is 5.89 Å². The molecule has 1 aromatic carbocycles. The Morgan fingerprint density at radius 3 is 2.79 bits per heavy atom. The SMILES string of the molecule is C[C@H]1[C@H](NC(=O)c2ncc(-c3ccccc3F)o2)C2CCN1CC2. The summed E-state index contributed by atoms with van der Waals surface area (Å²) in [7, 11) is 0. The fourth-order valence-corrected chi connectivity index (χ4v) is 3.92. The van der Waals surface area contributed by atoms with Gasteiger partial charge in [-0.2, -0.15) is 0 Å². The van der Waals surface area contributed by atoms with Crippen LogP contribution in [0.25, 0.3) is 11.3 Å². The molecule has 1 amide bonds. The average Bonchev–Trinajstić information content (AvgIpc) is 3.09. The second kappa shape index (κ2) is 6.02. The van der Waals surface area contributed by atoms with E-state index < -0.39 is 5.82 Å². The molecular formula is C18H20FN3O2. The highest BCUT2D eigenvalue weighted by atomic mass is 19.1. The molecule has 24 heavy (non-hydrogen) atoms. The first-order valence-electron chi connectivity index (χ1n) is 8.39. The molecule has 0 spiro atoms. The van der Waals surface area contributed by atoms with E-state index in [1.165, 1.54) is 12.3 Å². The van der Waals surface area contributed by atoms with Crippen molar-refractivity contribution in [1.29, 1.82) is 0 Å². The molecule has 3 aliphatic heterocycles. The van der Waals surface area contributed by atoms with Gasteiger partial charge in [-0.3, -0.25) is 9.69 Å². The lowest BCUT2D eigenvalue weighted by molar-refractivity contribution is 0.0210. The maximum absolute atomic E-state index is 13.8. The third kappa shape index (κ3) is 2.60. The van der Waals surface area contributed by atoms with Crippen LogP contribution in [0, 0.1) is 11.7 Å². The van der Waals surface area contributed by atoms with Crippen LogP contribution in [-0.2, 0) is 0 Å². The van der Waals surface area contributed by atoms with Gasteiger partial charge in [0.1, 0.15) is 5.82 Å². The number of hydrogen-bond donors (Lipinski definition) is 1. The van der Waals surface area contributed by atoms with Crippen molar-refractivity contribution in [3.8, 4) is 11.3 Å². The maximum atomic E-state index is 13.8. The van der Waals surface area contributed by atoms with Crippen molar-refractivity contribution in [1.82, 2.24) is 15.2 Å². The molecule has 0 radical (unpaired) electrons. The van der Waals surface area contributed by atoms with E-state index in [-0.39, 0.29) is 23.6 Å². The minimum Gasteiger partial charge on any atom is -0.432 e. The van der Waals surface area contributed by atoms with Crippen molar-refractivity contribution in [2.24, 2.45) is 5.92 Å². The van der Waals surface area contributed by atoms with E-state index in [1.54, 1.807) is 18.2 Å². The van der Waals surface area contributed by atoms with Gasteiger partial charge in [-0.05, 0) is 50.9 Å². The number of nitrogens with zero attached hydrogens (tertiary/aromatic N) is 2. The summed E-state index contributed by atoms with van der Waals surface area (Å²) < 4.78 is 19.3. The van der Waals surface area contributed by atoms with Crippen molar-refractivity contribution in [3.05, 3.63) is 42.2 Å². The molecule has 3 fully saturated rings. The van der Waals surface area contributed by atoms with Gasteiger partial charge in [-0.15, -0.1) is 0 Å². The predicted molar refractivity (Wildman–Crippen MR) is 86.9 cm³/mol. The highest BCUT2D eigenvalue weighted by molar-refractivity contribution is 5.90. The number of aromatic nitrogens is 1. The van der Waals surface area contributed by atoms with E-state index in [0.717, 1.165) is 25.9 Å². The molecule has 3 aliphatic rings. The summed E-state index contributed by atoms with van der Waals surface area (Å²) in [5.74, 6) is 0.0295. The third-order valence-corrected chi connectivity index (χ3v) is 5.31. The molecule has 2 bridgehead atoms. The quantitative estimate of drug-likeness (QED) is 0.941. The molecule has 0 aliphatic carbocycles. The number of rotatable bonds is 3. The number of piperidine rings is 3. The van der Waals surface area contributed by atoms with Crippen LogP contribution < -0.4 is 5.32 Å². The van der Waals surface area contributed by atoms with Crippen LogP contribution in [0.2, 0.25) is 0 Å². The Bertz CT molecular complexity index is 750. The van der Waals surface area contributed by atoms with Gasteiger partial charge >= 0.3 is 5.91 Å². The van der Waals surface area contributed by atoms with Crippen molar-refractivity contribution in [3.63, 3.8) is 0 Å². The molecule has 1 aromatic heterocycles. The van der Waals surface area contributed by atoms with E-state index in [2.05, 4.69) is 22.1 Å². The first-order valence-corrected chi connectivity index (χ1v) is 8.39. The zero-order valence-corrected chi connectivity index (χ0v) is 13.5. The summed E-state index contributed by atoms with van der Waals surface area (Å²) in [5.41, 5.74) is 0.306. The van der Waals surface area contributed by atoms with Gasteiger partial charge in [-0.1, -0.05) is 12.1 Å². The standard InChI is InChI=1S/C18H20FN3O2/c1-11-16(12-6-8-22(11)9-7-12)21-17(23)18-20-10-15(24-18)13-4-2-3-5-14(13)19/h2-5,10-12,16H,6-9H2,1H3,(H,21,23)/t11-,16-/m0/s1. The molecule has 4 heterocycles. The smallest absolute Gasteiger partial charge is 0.307 e. The van der Waals surface area contributed by atoms with Crippen LogP contribution in [0.15, 0.2) is 34.9 Å². The minimum atomic E-state index is -0.397. The van der Waals surface area contributed by atoms with Crippen LogP contribution in [-0.4, -0.2) is 41.0 Å². The van der Waals surface area contributed by atoms with Crippen LogP contribution in [0.1, 0.15) is 30.5 Å². The van der Waals surface area contributed by atoms with Gasteiger partial charge in [0.2, 0.25) is 0 Å². The fourth-order valence-electron chi connectivity index (χ4n) is 3.92. The van der Waals surface area contributed by atoms with Crippen molar-refractivity contribution >= 4 is 5.91 Å². The number of carbonyl (C=O) groups excluding carboxylic acids is 1. The Kier molecular flexibility index (Phi) is 3.84. The molecule has 0 saturated carbocycles. The van der Waals surface area contributed by atoms with Crippen molar-refractivity contribution in [2.75, 3.05) is 13.1 Å². The molecule has 0 unspecified atom stereocenters. The number of amides is 1. The monoisotopic (exact) mass is 329 g/mol. The highest BCUT2D eigenvalue weighted by Gasteiger charge is 2.40. The zero-order chi connectivity index (χ0) is 16.7. The number of halogens is 1. The number of carbonyl (C=O) groups is 1. The molecule has 1 N–H and O–H groups in total. The molecule has 5 rings (SSSR count). The van der Waals surface area contributed by atoms with E-state index in [0.29, 0.717) is 17.5 Å². The molecule has 2 atom stereocenters. The van der Waals surface area contributed by atoms with Crippen LogP contribution in [0.3, 0.4) is 0 Å². The van der Waals surface area contributed by atoms with E-state index >= 15 is 0 Å². The third-order valence-electron chi connectivity index (χ3n) is 5.31. The van der Waals surface area contributed by atoms with Gasteiger partial charge in [-0.25, -0.2) is 9.37 Å². The lowest BCUT2D eigenvalue weighted by Crippen LogP contribution is -2.62. The summed E-state index contributed by atoms with van der Waals surface area (Å²) in [6.45, 7) is 4.36. The normalized spacial score (nSPS) is 28.8. The van der Waals surface area contributed by atoms with Gasteiger partial charge in [0, 0.05) is 12.1 Å². The maximum Gasteiger partial charge on any atom is 0.307 e. The van der Waals surface area contributed by atoms with Gasteiger partial charge < -0.3 is 9.73 Å². The minimum absolute atomic E-state index is 0.0168. The highest BCUT2D eigenvalue weighted by Crippen LogP contribution is 2.32. The Balaban J connectivity index is 1.51. The van der Waals surface area contributed by atoms with E-state index in [9.17, 15) is 9.18 Å². The second-order valence-electron chi connectivity index (χ2n) is 6.62. The molecular weight excluding hydrogens is 309 g/mol. The van der Waals surface area contributed by atoms with Crippen molar-refractivity contribution < 1.29 is 13.6 Å². The van der Waals surface area contributed by atoms with Crippen LogP contribution in [0.4, 0.5) is 4.39 Å². The Hall–Kier alpha value is -2.21. The number of benzene rings is 1. The fraction of sp³-hybridized carbons (Fsp3) is 0.444. The lowest BCUT2D eigenvalue weighted by atomic mass is 9.79. The lowest BCUT2D eigenvalue weighted by Gasteiger charge is -2.49. The number of nitrogens with one attached hydrogen (secondary N) is 1. The summed E-state index contributed by atoms with van der Waals surface area (Å²) in [6.07, 6.45) is 3.62. The molecule has 126 valence electrons. The average molecular weight is 329 g/mol. The van der Waals surface area contributed by atoms with Crippen LogP contribution >= 0.6 is 0 Å². The Morgan fingerprint density at radius 2 is 2.08 bits per heavy atom. The first-order chi connectivity index (χ1) is 11.6. The van der Waals surface area contributed by atoms with Gasteiger partial charge in [0.15, 0.2) is 5.76 Å². The topological polar surface area (TPSA) is 58.4 Å². The van der Waals surface area contributed by atoms with E-state index in [4.69, 9.17) is 4.42 Å². The number of fused-ring (bicyclic) bond motifs is 3. The summed E-state index contributed by atoms with van der Waals surface area (Å²) in [6, 6.07) is 6.72. The second-order valence-corrected chi connectivity index (χ2v) is 6.62. The summed E-state index contributed by atoms with van der Waals surface area (Å²) >= 11 is 0. The Morgan fingerprint density at radius 1 is 1.33 bits per heavy atom. The van der Waals surface area contributed by atoms with Crippen molar-refractivity contribution in [2.45, 2.75) is 31.8 Å². The molecule has 3 saturated heterocycles. The Labute approximate surface area is 139 Å². The van der Waals surface area contributed by atoms with E-state index in [1.807, 2.05) is 0 Å². The molecule has 2 aromatic rings. The van der Waals surface area contributed by atoms with Gasteiger partial charge in [0.05, 0.1) is 11.8 Å². The molecule has 6 heteroatoms. The zero-order valence-electron chi connectivity index (χ0n) is 13.5. The number of hydrogen-bond acceptors (Lipinski definition) is 4. The first kappa shape index (κ1) is 15.3.